The Morgan fingerprint density at radius 1 is 1.03 bits per heavy atom. The zero-order valence-electron chi connectivity index (χ0n) is 17.8. The lowest BCUT2D eigenvalue weighted by atomic mass is 10.1. The van der Waals surface area contributed by atoms with Crippen LogP contribution in [0, 0.1) is 0 Å². The van der Waals surface area contributed by atoms with Crippen molar-refractivity contribution in [3.05, 3.63) is 53.4 Å². The summed E-state index contributed by atoms with van der Waals surface area (Å²) in [6.45, 7) is 6.34. The molecule has 1 N–H and O–H groups in total. The highest BCUT2D eigenvalue weighted by atomic mass is 32.1. The van der Waals surface area contributed by atoms with E-state index in [-0.39, 0.29) is 5.91 Å². The maximum atomic E-state index is 11.5. The number of carbonyl (C=O) groups excluding carboxylic acids is 1. The average Bonchev–Trinajstić information content (AvgIpc) is 3.33. The van der Waals surface area contributed by atoms with E-state index in [0.717, 1.165) is 56.0 Å². The third-order valence-electron chi connectivity index (χ3n) is 6.25. The third-order valence-corrected chi connectivity index (χ3v) is 7.13. The highest BCUT2D eigenvalue weighted by molar-refractivity contribution is 7.17. The first-order valence-electron chi connectivity index (χ1n) is 11.3. The Labute approximate surface area is 187 Å². The number of benzene rings is 2. The average molecular weight is 436 g/mol. The molecule has 1 amide bonds. The van der Waals surface area contributed by atoms with Gasteiger partial charge in [-0.2, -0.15) is 0 Å². The monoisotopic (exact) mass is 435 g/mol. The van der Waals surface area contributed by atoms with Crippen LogP contribution >= 0.6 is 11.3 Å². The molecule has 0 spiro atoms. The van der Waals surface area contributed by atoms with Crippen molar-refractivity contribution in [2.45, 2.75) is 25.7 Å². The number of carbonyl (C=O) groups is 1. The van der Waals surface area contributed by atoms with Crippen LogP contribution in [0.1, 0.15) is 24.8 Å². The zero-order chi connectivity index (χ0) is 21.0. The summed E-state index contributed by atoms with van der Waals surface area (Å²) >= 11 is 1.82. The minimum atomic E-state index is 0.0650. The number of amides is 1. The second kappa shape index (κ2) is 9.28. The quantitative estimate of drug-likeness (QED) is 0.543. The number of nitrogens with zero attached hydrogens (tertiary/aromatic N) is 2. The first-order valence-corrected chi connectivity index (χ1v) is 12.1. The molecule has 5 rings (SSSR count). The predicted molar refractivity (Wildman–Crippen MR) is 129 cm³/mol. The summed E-state index contributed by atoms with van der Waals surface area (Å²) in [6.07, 6.45) is 3.86. The number of unbranched alkanes of at least 4 members (excludes halogenated alkanes) is 1. The molecule has 31 heavy (non-hydrogen) atoms. The van der Waals surface area contributed by atoms with E-state index in [1.54, 1.807) is 0 Å². The molecular weight excluding hydrogens is 406 g/mol. The molecule has 2 aliphatic heterocycles. The van der Waals surface area contributed by atoms with E-state index in [4.69, 9.17) is 4.74 Å². The van der Waals surface area contributed by atoms with Crippen molar-refractivity contribution in [2.24, 2.45) is 0 Å². The normalized spacial score (nSPS) is 16.9. The number of thiophene rings is 1. The zero-order valence-corrected chi connectivity index (χ0v) is 18.6. The summed E-state index contributed by atoms with van der Waals surface area (Å²) in [5.41, 5.74) is 3.34. The molecule has 3 heterocycles. The molecule has 3 aromatic rings. The number of ether oxygens (including phenoxy) is 1. The van der Waals surface area contributed by atoms with Gasteiger partial charge in [-0.15, -0.1) is 11.3 Å². The topological polar surface area (TPSA) is 44.8 Å². The van der Waals surface area contributed by atoms with E-state index >= 15 is 0 Å². The molecule has 0 aliphatic carbocycles. The van der Waals surface area contributed by atoms with E-state index in [1.165, 1.54) is 28.7 Å². The molecule has 0 unspecified atom stereocenters. The fourth-order valence-electron chi connectivity index (χ4n) is 4.60. The smallest absolute Gasteiger partial charge is 0.228 e. The van der Waals surface area contributed by atoms with Crippen LogP contribution in [0.5, 0.6) is 5.75 Å². The summed E-state index contributed by atoms with van der Waals surface area (Å²) in [4.78, 5) is 16.6. The van der Waals surface area contributed by atoms with Crippen molar-refractivity contribution in [3.8, 4) is 5.75 Å². The number of rotatable bonds is 7. The van der Waals surface area contributed by atoms with Crippen LogP contribution in [-0.2, 0) is 11.2 Å². The van der Waals surface area contributed by atoms with Gasteiger partial charge < -0.3 is 19.9 Å². The van der Waals surface area contributed by atoms with Gasteiger partial charge in [0.1, 0.15) is 5.75 Å². The van der Waals surface area contributed by atoms with Gasteiger partial charge in [-0.3, -0.25) is 4.79 Å². The van der Waals surface area contributed by atoms with Crippen LogP contribution in [-0.4, -0.2) is 50.1 Å². The van der Waals surface area contributed by atoms with Crippen molar-refractivity contribution in [3.63, 3.8) is 0 Å². The summed E-state index contributed by atoms with van der Waals surface area (Å²) in [5, 5.41) is 6.47. The molecule has 1 saturated heterocycles. The molecule has 2 aliphatic rings. The fraction of sp³-hybridized carbons (Fsp3) is 0.400. The summed E-state index contributed by atoms with van der Waals surface area (Å²) in [7, 11) is 0. The van der Waals surface area contributed by atoms with Crippen LogP contribution in [0.15, 0.2) is 47.8 Å². The highest BCUT2D eigenvalue weighted by Crippen LogP contribution is 2.31. The second-order valence-electron chi connectivity index (χ2n) is 8.39. The Kier molecular flexibility index (Phi) is 6.09. The molecule has 1 fully saturated rings. The number of fused-ring (bicyclic) bond motifs is 2. The first-order chi connectivity index (χ1) is 15.3. The van der Waals surface area contributed by atoms with Gasteiger partial charge >= 0.3 is 0 Å². The minimum Gasteiger partial charge on any atom is -0.494 e. The lowest BCUT2D eigenvalue weighted by Gasteiger charge is -2.24. The number of nitrogens with one attached hydrogen (secondary N) is 1. The van der Waals surface area contributed by atoms with Gasteiger partial charge in [0.05, 0.1) is 13.0 Å². The Morgan fingerprint density at radius 2 is 2.00 bits per heavy atom. The van der Waals surface area contributed by atoms with Crippen molar-refractivity contribution >= 4 is 38.7 Å². The van der Waals surface area contributed by atoms with Gasteiger partial charge in [-0.05, 0) is 67.6 Å². The number of hydrogen-bond acceptors (Lipinski definition) is 5. The van der Waals surface area contributed by atoms with Gasteiger partial charge in [0.25, 0.3) is 0 Å². The third kappa shape index (κ3) is 4.70. The number of hydrogen-bond donors (Lipinski definition) is 1. The molecule has 0 atom stereocenters. The van der Waals surface area contributed by atoms with Gasteiger partial charge in [0.15, 0.2) is 0 Å². The van der Waals surface area contributed by atoms with E-state index in [1.807, 2.05) is 29.5 Å². The molecule has 0 bridgehead atoms. The second-order valence-corrected chi connectivity index (χ2v) is 9.34. The maximum Gasteiger partial charge on any atom is 0.228 e. The van der Waals surface area contributed by atoms with E-state index in [2.05, 4.69) is 44.8 Å². The lowest BCUT2D eigenvalue weighted by molar-refractivity contribution is -0.115. The molecular formula is C25H29N3O2S. The first kappa shape index (κ1) is 20.3. The van der Waals surface area contributed by atoms with Gasteiger partial charge in [0.2, 0.25) is 5.91 Å². The van der Waals surface area contributed by atoms with Gasteiger partial charge in [0, 0.05) is 47.2 Å². The Bertz CT molecular complexity index is 1060. The van der Waals surface area contributed by atoms with Gasteiger partial charge in [-0.25, -0.2) is 0 Å². The van der Waals surface area contributed by atoms with Gasteiger partial charge in [-0.1, -0.05) is 12.1 Å². The van der Waals surface area contributed by atoms with Crippen molar-refractivity contribution < 1.29 is 9.53 Å². The summed E-state index contributed by atoms with van der Waals surface area (Å²) < 4.78 is 7.29. The van der Waals surface area contributed by atoms with Crippen LogP contribution in [0.3, 0.4) is 0 Å². The van der Waals surface area contributed by atoms with Crippen LogP contribution in [0.2, 0.25) is 0 Å². The SMILES string of the molecule is O=C1Cc2ccc(OCCCCN3CCCN(c4cccc5sccc45)CC3)cc2N1. The van der Waals surface area contributed by atoms with Crippen LogP contribution in [0.25, 0.3) is 10.1 Å². The molecule has 5 nitrogen and oxygen atoms in total. The molecule has 162 valence electrons. The van der Waals surface area contributed by atoms with E-state index < -0.39 is 0 Å². The largest absolute Gasteiger partial charge is 0.494 e. The van der Waals surface area contributed by atoms with Crippen LogP contribution < -0.4 is 15.0 Å². The molecule has 0 radical (unpaired) electrons. The summed E-state index contributed by atoms with van der Waals surface area (Å²) in [6, 6.07) is 14.8. The highest BCUT2D eigenvalue weighted by Gasteiger charge is 2.18. The Hall–Kier alpha value is -2.57. The van der Waals surface area contributed by atoms with Crippen molar-refractivity contribution in [2.75, 3.05) is 49.5 Å². The standard InChI is InChI=1S/C25H29N3O2S/c29-25-17-19-7-8-20(18-22(19)26-25)30-15-2-1-10-27-11-4-12-28(14-13-27)23-5-3-6-24-21(23)9-16-31-24/h3,5-9,16,18H,1-2,4,10-15,17H2,(H,26,29). The van der Waals surface area contributed by atoms with E-state index in [0.29, 0.717) is 13.0 Å². The Morgan fingerprint density at radius 3 is 2.97 bits per heavy atom. The van der Waals surface area contributed by atoms with Crippen molar-refractivity contribution in [1.29, 1.82) is 0 Å². The predicted octanol–water partition coefficient (Wildman–Crippen LogP) is 4.77. The fourth-order valence-corrected chi connectivity index (χ4v) is 5.41. The maximum absolute atomic E-state index is 11.5. The molecule has 1 aromatic heterocycles. The van der Waals surface area contributed by atoms with Crippen molar-refractivity contribution in [1.82, 2.24) is 4.90 Å². The minimum absolute atomic E-state index is 0.0650. The Balaban J connectivity index is 1.06. The number of anilines is 2. The summed E-state index contributed by atoms with van der Waals surface area (Å²) in [5.74, 6) is 0.907. The van der Waals surface area contributed by atoms with E-state index in [9.17, 15) is 4.79 Å². The molecule has 0 saturated carbocycles. The molecule has 2 aromatic carbocycles. The molecule has 6 heteroatoms. The van der Waals surface area contributed by atoms with Crippen LogP contribution in [0.4, 0.5) is 11.4 Å². The lowest BCUT2D eigenvalue weighted by Crippen LogP contribution is -2.31.